The van der Waals surface area contributed by atoms with Gasteiger partial charge in [-0.25, -0.2) is 9.97 Å². The lowest BCUT2D eigenvalue weighted by atomic mass is 10.1. The molecule has 0 spiro atoms. The molecule has 1 aliphatic rings. The molecule has 2 rings (SSSR count). The van der Waals surface area contributed by atoms with Gasteiger partial charge in [-0.2, -0.15) is 0 Å². The molecule has 0 radical (unpaired) electrons. The highest BCUT2D eigenvalue weighted by Crippen LogP contribution is 2.19. The van der Waals surface area contributed by atoms with Gasteiger partial charge in [0.05, 0.1) is 6.61 Å². The quantitative estimate of drug-likeness (QED) is 0.641. The highest BCUT2D eigenvalue weighted by atomic mass is 16.3. The molecular weight excluding hydrogens is 258 g/mol. The molecule has 1 unspecified atom stereocenters. The van der Waals surface area contributed by atoms with Crippen LogP contribution in [0.4, 0.5) is 11.6 Å². The molecule has 0 aromatic carbocycles. The van der Waals surface area contributed by atoms with Gasteiger partial charge in [0.15, 0.2) is 0 Å². The summed E-state index contributed by atoms with van der Waals surface area (Å²) in [5.41, 5.74) is 0. The minimum absolute atomic E-state index is 0.0758. The first-order valence-corrected chi connectivity index (χ1v) is 6.97. The van der Waals surface area contributed by atoms with E-state index in [2.05, 4.69) is 32.1 Å². The van der Waals surface area contributed by atoms with Crippen molar-refractivity contribution in [1.82, 2.24) is 14.9 Å². The second-order valence-corrected chi connectivity index (χ2v) is 5.00. The van der Waals surface area contributed by atoms with E-state index in [-0.39, 0.29) is 13.2 Å². The Morgan fingerprint density at radius 2 is 2.15 bits per heavy atom. The fourth-order valence-electron chi connectivity index (χ4n) is 2.42. The van der Waals surface area contributed by atoms with Gasteiger partial charge in [-0.1, -0.05) is 0 Å². The third-order valence-electron chi connectivity index (χ3n) is 3.63. The van der Waals surface area contributed by atoms with E-state index in [1.165, 1.54) is 6.33 Å². The summed E-state index contributed by atoms with van der Waals surface area (Å²) in [4.78, 5) is 12.9. The van der Waals surface area contributed by atoms with Gasteiger partial charge < -0.3 is 20.4 Å². The largest absolute Gasteiger partial charge is 0.396 e. The Hall–Kier alpha value is -1.44. The number of piperazine rings is 1. The van der Waals surface area contributed by atoms with E-state index in [4.69, 9.17) is 10.2 Å². The van der Waals surface area contributed by atoms with Gasteiger partial charge in [-0.3, -0.25) is 4.90 Å². The van der Waals surface area contributed by atoms with Gasteiger partial charge in [0.1, 0.15) is 18.0 Å². The standard InChI is InChI=1S/C13H23N5O2/c1-17-4-5-18(9-11(17)2-6-19)13-8-12(14-3-7-20)15-10-16-13/h8,10-11,19-20H,2-7,9H2,1H3,(H,14,15,16). The van der Waals surface area contributed by atoms with Crippen molar-refractivity contribution in [3.63, 3.8) is 0 Å². The van der Waals surface area contributed by atoms with Crippen LogP contribution in [0, 0.1) is 0 Å². The molecular formula is C13H23N5O2. The van der Waals surface area contributed by atoms with Crippen molar-refractivity contribution >= 4 is 11.6 Å². The molecule has 7 nitrogen and oxygen atoms in total. The van der Waals surface area contributed by atoms with E-state index in [1.807, 2.05) is 6.07 Å². The molecule has 1 aliphatic heterocycles. The number of aliphatic hydroxyl groups excluding tert-OH is 2. The van der Waals surface area contributed by atoms with Crippen LogP contribution < -0.4 is 10.2 Å². The summed E-state index contributed by atoms with van der Waals surface area (Å²) in [5.74, 6) is 1.61. The first-order valence-electron chi connectivity index (χ1n) is 6.97. The van der Waals surface area contributed by atoms with Crippen LogP contribution in [-0.4, -0.2) is 77.6 Å². The molecule has 1 aromatic rings. The van der Waals surface area contributed by atoms with Crippen molar-refractivity contribution < 1.29 is 10.2 Å². The van der Waals surface area contributed by atoms with E-state index in [0.717, 1.165) is 37.7 Å². The molecule has 1 aromatic heterocycles. The Labute approximate surface area is 119 Å². The van der Waals surface area contributed by atoms with Crippen LogP contribution in [0.3, 0.4) is 0 Å². The highest BCUT2D eigenvalue weighted by Gasteiger charge is 2.24. The number of likely N-dealkylation sites (N-methyl/N-ethyl adjacent to an activating group) is 1. The maximum absolute atomic E-state index is 9.13. The summed E-state index contributed by atoms with van der Waals surface area (Å²) in [7, 11) is 2.09. The minimum atomic E-state index is 0.0758. The molecule has 0 aliphatic carbocycles. The molecule has 0 saturated carbocycles. The molecule has 112 valence electrons. The fourth-order valence-corrected chi connectivity index (χ4v) is 2.42. The zero-order valence-corrected chi connectivity index (χ0v) is 11.9. The smallest absolute Gasteiger partial charge is 0.134 e. The molecule has 3 N–H and O–H groups in total. The summed E-state index contributed by atoms with van der Waals surface area (Å²) in [6.07, 6.45) is 2.31. The van der Waals surface area contributed by atoms with E-state index in [9.17, 15) is 0 Å². The predicted molar refractivity (Wildman–Crippen MR) is 77.9 cm³/mol. The number of nitrogens with one attached hydrogen (secondary N) is 1. The van der Waals surface area contributed by atoms with E-state index in [0.29, 0.717) is 12.6 Å². The van der Waals surface area contributed by atoms with Crippen LogP contribution in [0.25, 0.3) is 0 Å². The van der Waals surface area contributed by atoms with E-state index >= 15 is 0 Å². The lowest BCUT2D eigenvalue weighted by Gasteiger charge is -2.39. The van der Waals surface area contributed by atoms with Crippen LogP contribution >= 0.6 is 0 Å². The van der Waals surface area contributed by atoms with Crippen molar-refractivity contribution in [1.29, 1.82) is 0 Å². The second-order valence-electron chi connectivity index (χ2n) is 5.00. The third-order valence-corrected chi connectivity index (χ3v) is 3.63. The number of anilines is 2. The Bertz CT molecular complexity index is 418. The van der Waals surface area contributed by atoms with Crippen LogP contribution in [-0.2, 0) is 0 Å². The lowest BCUT2D eigenvalue weighted by Crippen LogP contribution is -2.52. The van der Waals surface area contributed by atoms with Gasteiger partial charge in [0, 0.05) is 44.9 Å². The van der Waals surface area contributed by atoms with Crippen LogP contribution in [0.1, 0.15) is 6.42 Å². The van der Waals surface area contributed by atoms with Gasteiger partial charge in [0.2, 0.25) is 0 Å². The number of nitrogens with zero attached hydrogens (tertiary/aromatic N) is 4. The van der Waals surface area contributed by atoms with Gasteiger partial charge in [0.25, 0.3) is 0 Å². The summed E-state index contributed by atoms with van der Waals surface area (Å²) in [6, 6.07) is 2.24. The maximum atomic E-state index is 9.13. The summed E-state index contributed by atoms with van der Waals surface area (Å²) >= 11 is 0. The summed E-state index contributed by atoms with van der Waals surface area (Å²) < 4.78 is 0. The molecule has 2 heterocycles. The topological polar surface area (TPSA) is 84.8 Å². The zero-order chi connectivity index (χ0) is 14.4. The van der Waals surface area contributed by atoms with Gasteiger partial charge in [-0.15, -0.1) is 0 Å². The number of rotatable bonds is 6. The van der Waals surface area contributed by atoms with Crippen LogP contribution in [0.2, 0.25) is 0 Å². The molecule has 0 bridgehead atoms. The molecule has 1 saturated heterocycles. The van der Waals surface area contributed by atoms with Crippen molar-refractivity contribution in [2.75, 3.05) is 56.7 Å². The summed E-state index contributed by atoms with van der Waals surface area (Å²) in [6.45, 7) is 3.48. The van der Waals surface area contributed by atoms with Crippen LogP contribution in [0.5, 0.6) is 0 Å². The van der Waals surface area contributed by atoms with Crippen LogP contribution in [0.15, 0.2) is 12.4 Å². The predicted octanol–water partition coefficient (Wildman–Crippen LogP) is -0.616. The van der Waals surface area contributed by atoms with Crippen molar-refractivity contribution in [2.45, 2.75) is 12.5 Å². The highest BCUT2D eigenvalue weighted by molar-refractivity contribution is 5.48. The molecule has 0 amide bonds. The number of aromatic nitrogens is 2. The zero-order valence-electron chi connectivity index (χ0n) is 11.9. The average molecular weight is 281 g/mol. The maximum Gasteiger partial charge on any atom is 0.134 e. The normalized spacial score (nSPS) is 20.1. The molecule has 1 atom stereocenters. The van der Waals surface area contributed by atoms with Crippen molar-refractivity contribution in [3.05, 3.63) is 12.4 Å². The Balaban J connectivity index is 2.03. The third kappa shape index (κ3) is 3.78. The monoisotopic (exact) mass is 281 g/mol. The van der Waals surface area contributed by atoms with Gasteiger partial charge >= 0.3 is 0 Å². The minimum Gasteiger partial charge on any atom is -0.396 e. The molecule has 7 heteroatoms. The Kier molecular flexibility index (Phi) is 5.51. The first-order chi connectivity index (χ1) is 9.74. The Morgan fingerprint density at radius 3 is 2.90 bits per heavy atom. The van der Waals surface area contributed by atoms with E-state index in [1.54, 1.807) is 0 Å². The average Bonchev–Trinajstić information content (AvgIpc) is 2.48. The molecule has 20 heavy (non-hydrogen) atoms. The Morgan fingerprint density at radius 1 is 1.30 bits per heavy atom. The van der Waals surface area contributed by atoms with Crippen molar-refractivity contribution in [2.24, 2.45) is 0 Å². The lowest BCUT2D eigenvalue weighted by molar-refractivity contribution is 0.170. The van der Waals surface area contributed by atoms with E-state index < -0.39 is 0 Å². The molecule has 1 fully saturated rings. The number of aliphatic hydroxyl groups is 2. The second kappa shape index (κ2) is 7.37. The first kappa shape index (κ1) is 15.0. The number of hydrogen-bond donors (Lipinski definition) is 3. The van der Waals surface area contributed by atoms with Crippen molar-refractivity contribution in [3.8, 4) is 0 Å². The number of hydrogen-bond acceptors (Lipinski definition) is 7. The SMILES string of the molecule is CN1CCN(c2cc(NCCO)ncn2)CC1CCO. The fraction of sp³-hybridized carbons (Fsp3) is 0.692. The van der Waals surface area contributed by atoms with Gasteiger partial charge in [-0.05, 0) is 13.5 Å². The summed E-state index contributed by atoms with van der Waals surface area (Å²) in [5, 5.41) is 21.0.